The van der Waals surface area contributed by atoms with E-state index in [0.717, 1.165) is 5.92 Å². The second-order valence-corrected chi connectivity index (χ2v) is 6.59. The quantitative estimate of drug-likeness (QED) is 0.810. The van der Waals surface area contributed by atoms with Crippen molar-refractivity contribution in [3.63, 3.8) is 0 Å². The summed E-state index contributed by atoms with van der Waals surface area (Å²) in [7, 11) is 0. The molecular weight excluding hydrogens is 208 g/mol. The Morgan fingerprint density at radius 2 is 1.71 bits per heavy atom. The molecule has 1 N–H and O–H groups in total. The van der Waals surface area contributed by atoms with Crippen LogP contribution in [-0.4, -0.2) is 36.6 Å². The fraction of sp³-hybridized carbons (Fsp3) is 1.00. The van der Waals surface area contributed by atoms with E-state index >= 15 is 0 Å². The maximum atomic E-state index is 3.45. The fourth-order valence-electron chi connectivity index (χ4n) is 3.46. The Balaban J connectivity index is 1.75. The molecule has 1 heterocycles. The molecule has 17 heavy (non-hydrogen) atoms. The molecule has 0 aromatic heterocycles. The van der Waals surface area contributed by atoms with Crippen LogP contribution in [0.5, 0.6) is 0 Å². The zero-order valence-corrected chi connectivity index (χ0v) is 11.8. The van der Waals surface area contributed by atoms with Gasteiger partial charge in [-0.05, 0) is 32.6 Å². The van der Waals surface area contributed by atoms with Crippen LogP contribution in [-0.2, 0) is 0 Å². The summed E-state index contributed by atoms with van der Waals surface area (Å²) in [6, 6.07) is 0. The summed E-state index contributed by atoms with van der Waals surface area (Å²) in [5.74, 6) is 1.03. The van der Waals surface area contributed by atoms with Gasteiger partial charge in [0.25, 0.3) is 0 Å². The van der Waals surface area contributed by atoms with Gasteiger partial charge in [-0.25, -0.2) is 0 Å². The van der Waals surface area contributed by atoms with E-state index in [1.807, 2.05) is 0 Å². The predicted octanol–water partition coefficient (Wildman–Crippen LogP) is 3.03. The van der Waals surface area contributed by atoms with Crippen molar-refractivity contribution in [1.29, 1.82) is 0 Å². The van der Waals surface area contributed by atoms with Gasteiger partial charge < -0.3 is 5.32 Å². The van der Waals surface area contributed by atoms with Gasteiger partial charge >= 0.3 is 0 Å². The highest BCUT2D eigenvalue weighted by Crippen LogP contribution is 2.31. The molecular formula is C15H30N2. The monoisotopic (exact) mass is 238 g/mol. The average Bonchev–Trinajstić information content (AvgIpc) is 2.39. The molecule has 0 amide bonds. The van der Waals surface area contributed by atoms with Crippen LogP contribution in [0.4, 0.5) is 0 Å². The van der Waals surface area contributed by atoms with Crippen molar-refractivity contribution >= 4 is 0 Å². The van der Waals surface area contributed by atoms with Gasteiger partial charge in [0.05, 0.1) is 0 Å². The molecule has 2 nitrogen and oxygen atoms in total. The summed E-state index contributed by atoms with van der Waals surface area (Å²) < 4.78 is 0. The zero-order chi connectivity index (χ0) is 12.1. The molecule has 0 unspecified atom stereocenters. The summed E-state index contributed by atoms with van der Waals surface area (Å²) >= 11 is 0. The van der Waals surface area contributed by atoms with Crippen LogP contribution < -0.4 is 5.32 Å². The Labute approximate surface area is 107 Å². The smallest absolute Gasteiger partial charge is 0.0154 e. The van der Waals surface area contributed by atoms with E-state index in [9.17, 15) is 0 Å². The molecule has 0 bridgehead atoms. The lowest BCUT2D eigenvalue weighted by atomic mass is 9.82. The van der Waals surface area contributed by atoms with Crippen molar-refractivity contribution in [2.75, 3.05) is 26.2 Å². The third-order valence-corrected chi connectivity index (χ3v) is 4.86. The van der Waals surface area contributed by atoms with Crippen molar-refractivity contribution in [1.82, 2.24) is 10.2 Å². The molecule has 0 spiro atoms. The molecule has 2 rings (SSSR count). The number of nitrogens with one attached hydrogen (secondary N) is 1. The molecule has 1 aliphatic carbocycles. The second kappa shape index (κ2) is 6.19. The lowest BCUT2D eigenvalue weighted by Crippen LogP contribution is -2.53. The number of nitrogens with zero attached hydrogens (tertiary/aromatic N) is 1. The molecule has 0 aromatic carbocycles. The number of piperazine rings is 1. The van der Waals surface area contributed by atoms with E-state index in [2.05, 4.69) is 24.1 Å². The lowest BCUT2D eigenvalue weighted by Gasteiger charge is -2.42. The van der Waals surface area contributed by atoms with Crippen molar-refractivity contribution < 1.29 is 0 Å². The Morgan fingerprint density at radius 3 is 2.35 bits per heavy atom. The standard InChI is InChI=1S/C15H30N2/c1-15(2,17-12-10-16-11-13-17)9-8-14-6-4-3-5-7-14/h14,16H,3-13H2,1-2H3. The highest BCUT2D eigenvalue weighted by molar-refractivity contribution is 4.85. The van der Waals surface area contributed by atoms with Gasteiger partial charge in [0.1, 0.15) is 0 Å². The van der Waals surface area contributed by atoms with E-state index in [1.54, 1.807) is 0 Å². The molecule has 0 atom stereocenters. The van der Waals surface area contributed by atoms with Crippen molar-refractivity contribution in [3.8, 4) is 0 Å². The van der Waals surface area contributed by atoms with Crippen molar-refractivity contribution in [2.24, 2.45) is 5.92 Å². The predicted molar refractivity (Wildman–Crippen MR) is 74.3 cm³/mol. The second-order valence-electron chi connectivity index (χ2n) is 6.59. The van der Waals surface area contributed by atoms with Crippen LogP contribution in [0.1, 0.15) is 58.8 Å². The van der Waals surface area contributed by atoms with Gasteiger partial charge in [0.2, 0.25) is 0 Å². The summed E-state index contributed by atoms with van der Waals surface area (Å²) in [5.41, 5.74) is 0.416. The Hall–Kier alpha value is -0.0800. The zero-order valence-electron chi connectivity index (χ0n) is 11.8. The summed E-state index contributed by atoms with van der Waals surface area (Å²) in [4.78, 5) is 2.69. The van der Waals surface area contributed by atoms with Crippen LogP contribution in [0, 0.1) is 5.92 Å². The molecule has 100 valence electrons. The Kier molecular flexibility index (Phi) is 4.87. The van der Waals surface area contributed by atoms with E-state index < -0.39 is 0 Å². The first kappa shape index (κ1) is 13.4. The Bertz CT molecular complexity index is 213. The number of rotatable bonds is 4. The maximum absolute atomic E-state index is 3.45. The van der Waals surface area contributed by atoms with Crippen LogP contribution in [0.3, 0.4) is 0 Å². The summed E-state index contributed by atoms with van der Waals surface area (Å²) in [6.45, 7) is 9.71. The van der Waals surface area contributed by atoms with E-state index in [4.69, 9.17) is 0 Å². The van der Waals surface area contributed by atoms with Gasteiger partial charge in [-0.15, -0.1) is 0 Å². The van der Waals surface area contributed by atoms with Gasteiger partial charge in [-0.1, -0.05) is 32.1 Å². The van der Waals surface area contributed by atoms with E-state index in [1.165, 1.54) is 71.1 Å². The van der Waals surface area contributed by atoms with Crippen LogP contribution in [0.25, 0.3) is 0 Å². The SMILES string of the molecule is CC(C)(CCC1CCCCC1)N1CCNCC1. The van der Waals surface area contributed by atoms with Gasteiger partial charge in [-0.2, -0.15) is 0 Å². The largest absolute Gasteiger partial charge is 0.314 e. The van der Waals surface area contributed by atoms with Gasteiger partial charge in [-0.3, -0.25) is 4.90 Å². The van der Waals surface area contributed by atoms with Crippen LogP contribution >= 0.6 is 0 Å². The molecule has 2 aliphatic rings. The summed E-state index contributed by atoms with van der Waals surface area (Å²) in [5, 5.41) is 3.45. The first-order valence-corrected chi connectivity index (χ1v) is 7.64. The minimum absolute atomic E-state index is 0.416. The molecule has 1 aliphatic heterocycles. The van der Waals surface area contributed by atoms with Crippen LogP contribution in [0.2, 0.25) is 0 Å². The molecule has 2 heteroatoms. The van der Waals surface area contributed by atoms with E-state index in [-0.39, 0.29) is 0 Å². The first-order valence-electron chi connectivity index (χ1n) is 7.64. The first-order chi connectivity index (χ1) is 8.18. The topological polar surface area (TPSA) is 15.3 Å². The third-order valence-electron chi connectivity index (χ3n) is 4.86. The molecule has 1 saturated heterocycles. The fourth-order valence-corrected chi connectivity index (χ4v) is 3.46. The van der Waals surface area contributed by atoms with Crippen molar-refractivity contribution in [2.45, 2.75) is 64.3 Å². The maximum Gasteiger partial charge on any atom is 0.0154 e. The molecule has 2 fully saturated rings. The lowest BCUT2D eigenvalue weighted by molar-refractivity contribution is 0.0868. The molecule has 0 aromatic rings. The van der Waals surface area contributed by atoms with Crippen LogP contribution in [0.15, 0.2) is 0 Å². The number of hydrogen-bond acceptors (Lipinski definition) is 2. The molecule has 0 radical (unpaired) electrons. The van der Waals surface area contributed by atoms with Crippen molar-refractivity contribution in [3.05, 3.63) is 0 Å². The Morgan fingerprint density at radius 1 is 1.06 bits per heavy atom. The highest BCUT2D eigenvalue weighted by Gasteiger charge is 2.28. The van der Waals surface area contributed by atoms with Gasteiger partial charge in [0.15, 0.2) is 0 Å². The minimum atomic E-state index is 0.416. The highest BCUT2D eigenvalue weighted by atomic mass is 15.2. The summed E-state index contributed by atoms with van der Waals surface area (Å²) in [6.07, 6.45) is 10.3. The molecule has 1 saturated carbocycles. The number of hydrogen-bond donors (Lipinski definition) is 1. The van der Waals surface area contributed by atoms with Gasteiger partial charge in [0, 0.05) is 31.7 Å². The third kappa shape index (κ3) is 3.96. The normalized spacial score (nSPS) is 25.1. The average molecular weight is 238 g/mol. The van der Waals surface area contributed by atoms with E-state index in [0.29, 0.717) is 5.54 Å². The minimum Gasteiger partial charge on any atom is -0.314 e.